The van der Waals surface area contributed by atoms with E-state index in [0.717, 1.165) is 6.42 Å². The zero-order chi connectivity index (χ0) is 12.6. The van der Waals surface area contributed by atoms with Gasteiger partial charge in [-0.2, -0.15) is 0 Å². The summed E-state index contributed by atoms with van der Waals surface area (Å²) in [4.78, 5) is 11.5. The summed E-state index contributed by atoms with van der Waals surface area (Å²) in [5.74, 6) is -0.250. The van der Waals surface area contributed by atoms with Crippen molar-refractivity contribution in [2.75, 3.05) is 6.61 Å². The second-order valence-corrected chi connectivity index (χ2v) is 10.4. The standard InChI is InChI=1S/C11H24O3Si2/c1-10(9-14-16(4)5)11(12)13-7-6-8-15(2)3/h9,15-16H,6-8H2,1-5H3/p+1. The van der Waals surface area contributed by atoms with Crippen LogP contribution in [0.1, 0.15) is 14.8 Å². The van der Waals surface area contributed by atoms with E-state index in [1.807, 2.05) is 0 Å². The van der Waals surface area contributed by atoms with Crippen LogP contribution in [0.4, 0.5) is 0 Å². The minimum atomic E-state index is -1.09. The normalized spacial score (nSPS) is 12.1. The Bertz CT molecular complexity index is 243. The largest absolute Gasteiger partial charge is 1.00 e. The van der Waals surface area contributed by atoms with Gasteiger partial charge in [0.05, 0.1) is 18.4 Å². The van der Waals surface area contributed by atoms with Gasteiger partial charge in [0, 0.05) is 8.80 Å². The highest BCUT2D eigenvalue weighted by Crippen LogP contribution is 2.02. The number of ether oxygens (including phenoxy) is 1. The van der Waals surface area contributed by atoms with Crippen molar-refractivity contribution in [2.45, 2.75) is 45.6 Å². The lowest BCUT2D eigenvalue weighted by Gasteiger charge is -2.07. The zero-order valence-corrected chi connectivity index (χ0v) is 13.4. The first kappa shape index (κ1) is 15.4. The van der Waals surface area contributed by atoms with E-state index >= 15 is 0 Å². The Morgan fingerprint density at radius 1 is 1.31 bits per heavy atom. The number of carbonyl (C=O) groups excluding carboxylic acids is 1. The van der Waals surface area contributed by atoms with Crippen molar-refractivity contribution in [3.8, 4) is 0 Å². The lowest BCUT2D eigenvalue weighted by atomic mass is 10.3. The lowest BCUT2D eigenvalue weighted by Crippen LogP contribution is -2.10. The van der Waals surface area contributed by atoms with Crippen molar-refractivity contribution < 1.29 is 15.4 Å². The van der Waals surface area contributed by atoms with Gasteiger partial charge in [-0.3, -0.25) is 0 Å². The molecular formula is C11H25O3Si2+. The first-order chi connectivity index (χ1) is 7.43. The molecule has 0 rings (SSSR count). The maximum atomic E-state index is 11.5. The summed E-state index contributed by atoms with van der Waals surface area (Å²) in [7, 11) is -1.60. The van der Waals surface area contributed by atoms with Gasteiger partial charge >= 0.3 is 7.40 Å². The lowest BCUT2D eigenvalue weighted by molar-refractivity contribution is -0.139. The average Bonchev–Trinajstić information content (AvgIpc) is 2.20. The third kappa shape index (κ3) is 8.73. The second-order valence-electron chi connectivity index (χ2n) is 4.66. The zero-order valence-electron chi connectivity index (χ0n) is 12.1. The molecular weight excluding hydrogens is 236 g/mol. The molecule has 0 aliphatic carbocycles. The summed E-state index contributed by atoms with van der Waals surface area (Å²) in [6.07, 6.45) is 2.53. The van der Waals surface area contributed by atoms with E-state index < -0.39 is 17.8 Å². The summed E-state index contributed by atoms with van der Waals surface area (Å²) >= 11 is 0. The van der Waals surface area contributed by atoms with Crippen LogP contribution >= 0.6 is 0 Å². The number of hydrogen-bond acceptors (Lipinski definition) is 3. The molecule has 0 aromatic heterocycles. The van der Waals surface area contributed by atoms with Crippen molar-refractivity contribution in [1.82, 2.24) is 0 Å². The molecule has 16 heavy (non-hydrogen) atoms. The molecule has 0 amide bonds. The molecule has 0 N–H and O–H groups in total. The molecule has 3 nitrogen and oxygen atoms in total. The molecule has 0 aromatic carbocycles. The number of rotatable bonds is 7. The molecule has 5 heteroatoms. The molecule has 0 atom stereocenters. The SMILES string of the molecule is CC(=CO[SiH](C)C)C(=O)OCCC[SiH](C)C.[H+]. The van der Waals surface area contributed by atoms with Crippen molar-refractivity contribution >= 4 is 23.8 Å². The molecule has 0 aliphatic heterocycles. The topological polar surface area (TPSA) is 35.5 Å². The Morgan fingerprint density at radius 2 is 1.94 bits per heavy atom. The fraction of sp³-hybridized carbons (Fsp3) is 0.727. The molecule has 0 fully saturated rings. The number of carbonyl (C=O) groups is 1. The third-order valence-electron chi connectivity index (χ3n) is 2.00. The van der Waals surface area contributed by atoms with Crippen LogP contribution in [0, 0.1) is 0 Å². The molecule has 0 spiro atoms. The summed E-state index contributed by atoms with van der Waals surface area (Å²) in [6, 6.07) is 1.23. The van der Waals surface area contributed by atoms with Crippen LogP contribution in [0.15, 0.2) is 11.8 Å². The predicted molar refractivity (Wildman–Crippen MR) is 74.1 cm³/mol. The van der Waals surface area contributed by atoms with Crippen molar-refractivity contribution in [3.05, 3.63) is 11.8 Å². The molecule has 94 valence electrons. The second kappa shape index (κ2) is 8.58. The third-order valence-corrected chi connectivity index (χ3v) is 4.24. The van der Waals surface area contributed by atoms with Gasteiger partial charge in [0.15, 0.2) is 0 Å². The minimum absolute atomic E-state index is 0. The molecule has 0 aliphatic rings. The van der Waals surface area contributed by atoms with Crippen LogP contribution in [0.3, 0.4) is 0 Å². The molecule has 0 aromatic rings. The summed E-state index contributed by atoms with van der Waals surface area (Å²) in [5, 5.41) is 0. The molecule has 0 saturated carbocycles. The first-order valence-electron chi connectivity index (χ1n) is 5.92. The first-order valence-corrected chi connectivity index (χ1v) is 11.8. The minimum Gasteiger partial charge on any atom is -0.552 e. The van der Waals surface area contributed by atoms with Gasteiger partial charge in [-0.15, -0.1) is 0 Å². The fourth-order valence-electron chi connectivity index (χ4n) is 1.06. The Kier molecular flexibility index (Phi) is 8.28. The number of esters is 1. The van der Waals surface area contributed by atoms with E-state index in [2.05, 4.69) is 26.2 Å². The summed E-state index contributed by atoms with van der Waals surface area (Å²) in [5.41, 5.74) is 0.558. The predicted octanol–water partition coefficient (Wildman–Crippen LogP) is 2.42. The Balaban J connectivity index is 0. The monoisotopic (exact) mass is 261 g/mol. The van der Waals surface area contributed by atoms with Gasteiger partial charge in [0.2, 0.25) is 9.04 Å². The van der Waals surface area contributed by atoms with Crippen LogP contribution < -0.4 is 0 Å². The van der Waals surface area contributed by atoms with E-state index in [9.17, 15) is 4.79 Å². The Morgan fingerprint density at radius 3 is 2.44 bits per heavy atom. The van der Waals surface area contributed by atoms with Gasteiger partial charge in [-0.25, -0.2) is 4.79 Å². The van der Waals surface area contributed by atoms with E-state index in [0.29, 0.717) is 12.2 Å². The molecule has 0 bridgehead atoms. The van der Waals surface area contributed by atoms with Gasteiger partial charge in [0.1, 0.15) is 0 Å². The van der Waals surface area contributed by atoms with Crippen molar-refractivity contribution in [1.29, 1.82) is 0 Å². The highest BCUT2D eigenvalue weighted by atomic mass is 28.3. The fourth-order valence-corrected chi connectivity index (χ4v) is 2.52. The molecule has 0 heterocycles. The van der Waals surface area contributed by atoms with Crippen LogP contribution in [0.5, 0.6) is 0 Å². The van der Waals surface area contributed by atoms with E-state index in [1.54, 1.807) is 6.92 Å². The highest BCUT2D eigenvalue weighted by molar-refractivity contribution is 6.55. The quantitative estimate of drug-likeness (QED) is 0.232. The maximum absolute atomic E-state index is 11.5. The van der Waals surface area contributed by atoms with Crippen LogP contribution in [0.2, 0.25) is 32.2 Å². The smallest absolute Gasteiger partial charge is 0.552 e. The van der Waals surface area contributed by atoms with Gasteiger partial charge < -0.3 is 9.16 Å². The van der Waals surface area contributed by atoms with Gasteiger partial charge in [-0.1, -0.05) is 19.1 Å². The van der Waals surface area contributed by atoms with Crippen LogP contribution in [-0.4, -0.2) is 30.4 Å². The maximum Gasteiger partial charge on any atom is 1.00 e. The van der Waals surface area contributed by atoms with E-state index in [1.165, 1.54) is 12.3 Å². The average molecular weight is 261 g/mol. The Labute approximate surface area is 104 Å². The van der Waals surface area contributed by atoms with Gasteiger partial charge in [0.25, 0.3) is 0 Å². The molecule has 0 radical (unpaired) electrons. The summed E-state index contributed by atoms with van der Waals surface area (Å²) < 4.78 is 10.5. The van der Waals surface area contributed by atoms with Crippen molar-refractivity contribution in [3.63, 3.8) is 0 Å². The number of hydrogen-bond donors (Lipinski definition) is 0. The highest BCUT2D eigenvalue weighted by Gasteiger charge is 2.06. The van der Waals surface area contributed by atoms with Crippen LogP contribution in [0.25, 0.3) is 0 Å². The van der Waals surface area contributed by atoms with Gasteiger partial charge in [-0.05, 0) is 26.4 Å². The Hall–Kier alpha value is -0.556. The molecule has 0 unspecified atom stereocenters. The van der Waals surface area contributed by atoms with Crippen molar-refractivity contribution in [2.24, 2.45) is 0 Å². The van der Waals surface area contributed by atoms with E-state index in [4.69, 9.17) is 9.16 Å². The van der Waals surface area contributed by atoms with Crippen LogP contribution in [-0.2, 0) is 14.0 Å². The molecule has 0 saturated heterocycles. The summed E-state index contributed by atoms with van der Waals surface area (Å²) in [6.45, 7) is 11.0. The van der Waals surface area contributed by atoms with E-state index in [-0.39, 0.29) is 7.40 Å².